The molecule has 6 nitrogen and oxygen atoms in total. The molecule has 4 aliphatic carbocycles. The van der Waals surface area contributed by atoms with Crippen molar-refractivity contribution in [1.29, 1.82) is 0 Å². The SMILES string of the molecule is CC(C)(F)c1nc(C23CCC(CN(C(=O)CC4CC(O)(C(F)(F)F)C4)c4ccc(F)c(Br)c4)(CC2)CC3)no1. The van der Waals surface area contributed by atoms with Crippen molar-refractivity contribution in [2.75, 3.05) is 11.4 Å². The van der Waals surface area contributed by atoms with Crippen molar-refractivity contribution in [1.82, 2.24) is 10.1 Å². The monoisotopic (exact) mass is 619 g/mol. The van der Waals surface area contributed by atoms with Gasteiger partial charge < -0.3 is 14.5 Å². The van der Waals surface area contributed by atoms with Crippen LogP contribution in [0.2, 0.25) is 0 Å². The van der Waals surface area contributed by atoms with Gasteiger partial charge in [-0.1, -0.05) is 5.16 Å². The zero-order chi connectivity index (χ0) is 28.4. The minimum Gasteiger partial charge on any atom is -0.380 e. The molecule has 4 fully saturated rings. The summed E-state index contributed by atoms with van der Waals surface area (Å²) in [6, 6.07) is 4.25. The highest BCUT2D eigenvalue weighted by atomic mass is 79.9. The summed E-state index contributed by atoms with van der Waals surface area (Å²) in [4.78, 5) is 19.4. The average Bonchev–Trinajstić information content (AvgIpc) is 3.36. The highest BCUT2D eigenvalue weighted by Crippen LogP contribution is 2.58. The molecule has 4 aliphatic rings. The Morgan fingerprint density at radius 1 is 1.13 bits per heavy atom. The lowest BCUT2D eigenvalue weighted by molar-refractivity contribution is -0.298. The Morgan fingerprint density at radius 2 is 1.74 bits per heavy atom. The molecule has 0 spiro atoms. The third-order valence-electron chi connectivity index (χ3n) is 9.06. The standard InChI is InChI=1S/C27H31BrF5N3O3/c1-23(2,30)22-34-21(35-39-22)25-8-5-24(6-9-25,7-10-25)15-36(17-3-4-19(29)18(28)12-17)20(37)11-16-13-26(38,14-16)27(31,32)33/h3-4,12,16,38H,5-11,13-15H2,1-2H3. The number of carbonyl (C=O) groups is 1. The molecule has 2 aromatic rings. The average molecular weight is 620 g/mol. The van der Waals surface area contributed by atoms with Crippen LogP contribution in [0, 0.1) is 17.2 Å². The summed E-state index contributed by atoms with van der Waals surface area (Å²) in [5, 5.41) is 13.9. The summed E-state index contributed by atoms with van der Waals surface area (Å²) in [5.41, 5.74) is -4.59. The van der Waals surface area contributed by atoms with Crippen LogP contribution in [0.25, 0.3) is 0 Å². The Morgan fingerprint density at radius 3 is 2.26 bits per heavy atom. The smallest absolute Gasteiger partial charge is 0.380 e. The first kappa shape index (κ1) is 28.4. The van der Waals surface area contributed by atoms with E-state index in [0.717, 1.165) is 38.5 Å². The van der Waals surface area contributed by atoms with Crippen molar-refractivity contribution in [3.8, 4) is 0 Å². The van der Waals surface area contributed by atoms with Gasteiger partial charge >= 0.3 is 6.18 Å². The summed E-state index contributed by atoms with van der Waals surface area (Å²) >= 11 is 3.17. The number of hydrogen-bond acceptors (Lipinski definition) is 5. The second-order valence-electron chi connectivity index (χ2n) is 12.3. The molecule has 39 heavy (non-hydrogen) atoms. The normalized spacial score (nSPS) is 30.7. The number of fused-ring (bicyclic) bond motifs is 3. The molecule has 12 heteroatoms. The Bertz CT molecular complexity index is 1230. The molecule has 1 heterocycles. The highest BCUT2D eigenvalue weighted by molar-refractivity contribution is 9.10. The van der Waals surface area contributed by atoms with Crippen LogP contribution in [-0.4, -0.2) is 39.5 Å². The van der Waals surface area contributed by atoms with Gasteiger partial charge in [0.25, 0.3) is 5.89 Å². The minimum absolute atomic E-state index is 0.0543. The predicted octanol–water partition coefficient (Wildman–Crippen LogP) is 6.89. The zero-order valence-corrected chi connectivity index (χ0v) is 23.3. The maximum atomic E-state index is 14.3. The number of rotatable bonds is 7. The lowest BCUT2D eigenvalue weighted by Crippen LogP contribution is -2.56. The van der Waals surface area contributed by atoms with Crippen molar-refractivity contribution in [2.45, 2.75) is 94.5 Å². The molecule has 1 aromatic carbocycles. The van der Waals surface area contributed by atoms with E-state index in [-0.39, 0.29) is 33.5 Å². The molecule has 0 radical (unpaired) electrons. The third-order valence-corrected chi connectivity index (χ3v) is 9.67. The van der Waals surface area contributed by atoms with E-state index < -0.39 is 42.0 Å². The molecule has 214 valence electrons. The number of hydrogen-bond donors (Lipinski definition) is 1. The molecular formula is C27H31BrF5N3O3. The van der Waals surface area contributed by atoms with Gasteiger partial charge in [0.05, 0.1) is 4.47 Å². The van der Waals surface area contributed by atoms with Gasteiger partial charge in [0.2, 0.25) is 5.91 Å². The Labute approximate surface area is 231 Å². The van der Waals surface area contributed by atoms with Crippen LogP contribution >= 0.6 is 15.9 Å². The van der Waals surface area contributed by atoms with Crippen LogP contribution in [-0.2, 0) is 15.9 Å². The number of nitrogens with zero attached hydrogens (tertiary/aromatic N) is 3. The lowest BCUT2D eigenvalue weighted by Gasteiger charge is -2.53. The van der Waals surface area contributed by atoms with E-state index in [0.29, 0.717) is 18.1 Å². The number of anilines is 1. The van der Waals surface area contributed by atoms with Crippen LogP contribution in [0.15, 0.2) is 27.2 Å². The van der Waals surface area contributed by atoms with Crippen molar-refractivity contribution >= 4 is 27.5 Å². The second-order valence-corrected chi connectivity index (χ2v) is 13.1. The predicted molar refractivity (Wildman–Crippen MR) is 135 cm³/mol. The summed E-state index contributed by atoms with van der Waals surface area (Å²) in [5.74, 6) is -0.983. The van der Waals surface area contributed by atoms with Gasteiger partial charge in [-0.05, 0) is 111 Å². The summed E-state index contributed by atoms with van der Waals surface area (Å²) < 4.78 is 73.0. The van der Waals surface area contributed by atoms with E-state index >= 15 is 0 Å². The Balaban J connectivity index is 1.32. The van der Waals surface area contributed by atoms with E-state index in [2.05, 4.69) is 26.1 Å². The van der Waals surface area contributed by atoms with Crippen LogP contribution in [0.1, 0.15) is 83.3 Å². The number of carbonyl (C=O) groups excluding carboxylic acids is 1. The largest absolute Gasteiger partial charge is 0.417 e. The van der Waals surface area contributed by atoms with Gasteiger partial charge in [0.15, 0.2) is 17.1 Å². The molecule has 1 N–H and O–H groups in total. The number of halogens is 6. The Kier molecular flexibility index (Phi) is 6.93. The first-order valence-corrected chi connectivity index (χ1v) is 13.9. The molecule has 0 atom stereocenters. The maximum absolute atomic E-state index is 14.3. The van der Waals surface area contributed by atoms with Crippen LogP contribution < -0.4 is 4.90 Å². The second kappa shape index (κ2) is 9.49. The first-order chi connectivity index (χ1) is 18.0. The van der Waals surface area contributed by atoms with Crippen molar-refractivity contribution in [3.05, 3.63) is 40.2 Å². The van der Waals surface area contributed by atoms with E-state index in [1.54, 1.807) is 4.90 Å². The zero-order valence-electron chi connectivity index (χ0n) is 21.8. The molecule has 0 unspecified atom stereocenters. The van der Waals surface area contributed by atoms with Crippen LogP contribution in [0.5, 0.6) is 0 Å². The van der Waals surface area contributed by atoms with Gasteiger partial charge in [-0.25, -0.2) is 8.78 Å². The molecule has 2 bridgehead atoms. The van der Waals surface area contributed by atoms with E-state index in [1.165, 1.54) is 32.0 Å². The van der Waals surface area contributed by atoms with Crippen molar-refractivity contribution in [2.24, 2.45) is 11.3 Å². The van der Waals surface area contributed by atoms with E-state index in [9.17, 15) is 31.9 Å². The fourth-order valence-electron chi connectivity index (χ4n) is 6.46. The van der Waals surface area contributed by atoms with Gasteiger partial charge in [0.1, 0.15) is 5.82 Å². The maximum Gasteiger partial charge on any atom is 0.417 e. The van der Waals surface area contributed by atoms with Gasteiger partial charge in [-0.2, -0.15) is 18.2 Å². The van der Waals surface area contributed by atoms with Gasteiger partial charge in [-0.15, -0.1) is 0 Å². The summed E-state index contributed by atoms with van der Waals surface area (Å²) in [6.07, 6.45) is -1.46. The van der Waals surface area contributed by atoms with Crippen LogP contribution in [0.3, 0.4) is 0 Å². The molecule has 6 rings (SSSR count). The Hall–Kier alpha value is -2.08. The molecule has 0 aliphatic heterocycles. The van der Waals surface area contributed by atoms with Gasteiger partial charge in [-0.3, -0.25) is 4.79 Å². The fourth-order valence-corrected chi connectivity index (χ4v) is 6.82. The number of amides is 1. The summed E-state index contributed by atoms with van der Waals surface area (Å²) in [6.45, 7) is 3.06. The fraction of sp³-hybridized carbons (Fsp3) is 0.667. The molecule has 0 saturated heterocycles. The van der Waals surface area contributed by atoms with E-state index in [1.807, 2.05) is 0 Å². The molecule has 4 saturated carbocycles. The molecular weight excluding hydrogens is 589 g/mol. The third kappa shape index (κ3) is 5.23. The summed E-state index contributed by atoms with van der Waals surface area (Å²) in [7, 11) is 0. The molecule has 1 aromatic heterocycles. The topological polar surface area (TPSA) is 79.5 Å². The van der Waals surface area contributed by atoms with Gasteiger partial charge in [0, 0.05) is 24.1 Å². The lowest BCUT2D eigenvalue weighted by atomic mass is 9.53. The minimum atomic E-state index is -4.73. The van der Waals surface area contributed by atoms with Crippen LogP contribution in [0.4, 0.5) is 27.6 Å². The highest BCUT2D eigenvalue weighted by Gasteiger charge is 2.61. The number of aliphatic hydroxyl groups is 1. The first-order valence-electron chi connectivity index (χ1n) is 13.1. The van der Waals surface area contributed by atoms with Crippen molar-refractivity contribution < 1.29 is 36.4 Å². The van der Waals surface area contributed by atoms with Crippen molar-refractivity contribution in [3.63, 3.8) is 0 Å². The van der Waals surface area contributed by atoms with E-state index in [4.69, 9.17) is 4.52 Å². The molecule has 1 amide bonds. The number of aromatic nitrogens is 2. The quantitative estimate of drug-likeness (QED) is 0.341. The number of alkyl halides is 4. The number of benzene rings is 1.